The summed E-state index contributed by atoms with van der Waals surface area (Å²) in [6.45, 7) is 4.42. The van der Waals surface area contributed by atoms with Crippen molar-refractivity contribution >= 4 is 0 Å². The summed E-state index contributed by atoms with van der Waals surface area (Å²) in [5, 5.41) is 0. The first-order valence-electron chi connectivity index (χ1n) is 4.63. The Labute approximate surface area is 70.0 Å². The fraction of sp³-hybridized carbons (Fsp3) is 0.636. The summed E-state index contributed by atoms with van der Waals surface area (Å²) >= 11 is 0. The molecule has 0 N–H and O–H groups in total. The van der Waals surface area contributed by atoms with E-state index in [-0.39, 0.29) is 0 Å². The van der Waals surface area contributed by atoms with E-state index >= 15 is 0 Å². The normalized spacial score (nSPS) is 30.0. The van der Waals surface area contributed by atoms with Gasteiger partial charge >= 0.3 is 0 Å². The molecule has 0 nitrogen and oxygen atoms in total. The molecular weight excluding hydrogens is 132 g/mol. The second-order valence-electron chi connectivity index (χ2n) is 3.55. The van der Waals surface area contributed by atoms with Gasteiger partial charge in [-0.1, -0.05) is 37.1 Å². The second kappa shape index (κ2) is 4.38. The highest BCUT2D eigenvalue weighted by Crippen LogP contribution is 2.27. The van der Waals surface area contributed by atoms with E-state index in [0.29, 0.717) is 0 Å². The number of allylic oxidation sites excluding steroid dienone is 4. The Hall–Kier alpha value is -0.520. The van der Waals surface area contributed by atoms with E-state index in [0.717, 1.165) is 5.92 Å². The van der Waals surface area contributed by atoms with E-state index in [2.05, 4.69) is 32.1 Å². The first-order valence-corrected chi connectivity index (χ1v) is 4.63. The van der Waals surface area contributed by atoms with Crippen LogP contribution >= 0.6 is 0 Å². The maximum absolute atomic E-state index is 2.35. The third-order valence-electron chi connectivity index (χ3n) is 2.33. The molecule has 0 aromatic heterocycles. The summed E-state index contributed by atoms with van der Waals surface area (Å²) in [6, 6.07) is 0. The van der Waals surface area contributed by atoms with Crippen LogP contribution in [0.15, 0.2) is 23.8 Å². The first kappa shape index (κ1) is 8.58. The predicted octanol–water partition coefficient (Wildman–Crippen LogP) is 3.70. The molecule has 1 rings (SSSR count). The Morgan fingerprint density at radius 3 is 2.91 bits per heavy atom. The summed E-state index contributed by atoms with van der Waals surface area (Å²) in [5.74, 6) is 0.917. The topological polar surface area (TPSA) is 0 Å². The highest BCUT2D eigenvalue weighted by molar-refractivity contribution is 5.13. The summed E-state index contributed by atoms with van der Waals surface area (Å²) in [7, 11) is 0. The van der Waals surface area contributed by atoms with Gasteiger partial charge in [0.15, 0.2) is 0 Å². The molecular formula is C11H18. The zero-order valence-corrected chi connectivity index (χ0v) is 7.64. The molecule has 1 atom stereocenters. The Balaban J connectivity index is 2.45. The van der Waals surface area contributed by atoms with Gasteiger partial charge in [0, 0.05) is 0 Å². The van der Waals surface area contributed by atoms with Crippen LogP contribution in [0.5, 0.6) is 0 Å². The van der Waals surface area contributed by atoms with Gasteiger partial charge in [-0.25, -0.2) is 0 Å². The number of rotatable bonds is 1. The van der Waals surface area contributed by atoms with E-state index in [1.807, 2.05) is 0 Å². The van der Waals surface area contributed by atoms with E-state index in [4.69, 9.17) is 0 Å². The maximum Gasteiger partial charge on any atom is -0.0291 e. The van der Waals surface area contributed by atoms with E-state index in [1.54, 1.807) is 5.57 Å². The van der Waals surface area contributed by atoms with Gasteiger partial charge in [-0.15, -0.1) is 0 Å². The van der Waals surface area contributed by atoms with Crippen LogP contribution < -0.4 is 0 Å². The Morgan fingerprint density at radius 1 is 1.45 bits per heavy atom. The van der Waals surface area contributed by atoms with Crippen LogP contribution in [0, 0.1) is 5.92 Å². The molecule has 1 aliphatic rings. The standard InChI is InChI=1S/C11H18/c1-3-4-7-11-8-5-6-10(2)9-11/h3-4,7,10H,5-6,8-9H2,1-2H3/b4-3+,11-7-. The minimum absolute atomic E-state index is 0.917. The summed E-state index contributed by atoms with van der Waals surface area (Å²) < 4.78 is 0. The summed E-state index contributed by atoms with van der Waals surface area (Å²) in [5.41, 5.74) is 1.64. The molecule has 62 valence electrons. The lowest BCUT2D eigenvalue weighted by Gasteiger charge is -2.19. The van der Waals surface area contributed by atoms with Gasteiger partial charge in [-0.05, 0) is 32.1 Å². The molecule has 0 amide bonds. The van der Waals surface area contributed by atoms with E-state index in [9.17, 15) is 0 Å². The third kappa shape index (κ3) is 2.92. The molecule has 1 unspecified atom stereocenters. The molecule has 11 heavy (non-hydrogen) atoms. The van der Waals surface area contributed by atoms with Crippen LogP contribution in [0.2, 0.25) is 0 Å². The molecule has 0 aliphatic heterocycles. The molecule has 1 aliphatic carbocycles. The SMILES string of the molecule is C/C=C/C=C1/CCCC(C)C1. The van der Waals surface area contributed by atoms with Crippen molar-refractivity contribution in [3.05, 3.63) is 23.8 Å². The summed E-state index contributed by atoms with van der Waals surface area (Å²) in [4.78, 5) is 0. The Bertz CT molecular complexity index is 163. The fourth-order valence-electron chi connectivity index (χ4n) is 1.71. The van der Waals surface area contributed by atoms with Gasteiger partial charge < -0.3 is 0 Å². The zero-order valence-electron chi connectivity index (χ0n) is 7.64. The molecule has 0 aromatic carbocycles. The monoisotopic (exact) mass is 150 g/mol. The molecule has 1 saturated carbocycles. The molecule has 0 saturated heterocycles. The quantitative estimate of drug-likeness (QED) is 0.534. The lowest BCUT2D eigenvalue weighted by molar-refractivity contribution is 0.453. The number of hydrogen-bond acceptors (Lipinski definition) is 0. The zero-order chi connectivity index (χ0) is 8.10. The lowest BCUT2D eigenvalue weighted by Crippen LogP contribution is -2.03. The highest BCUT2D eigenvalue weighted by atomic mass is 14.2. The van der Waals surface area contributed by atoms with Crippen LogP contribution in [0.25, 0.3) is 0 Å². The third-order valence-corrected chi connectivity index (χ3v) is 2.33. The minimum Gasteiger partial charge on any atom is -0.0877 e. The van der Waals surface area contributed by atoms with Gasteiger partial charge in [0.05, 0.1) is 0 Å². The molecule has 1 fully saturated rings. The number of hydrogen-bond donors (Lipinski definition) is 0. The van der Waals surface area contributed by atoms with Gasteiger partial charge in [0.1, 0.15) is 0 Å². The smallest absolute Gasteiger partial charge is 0.0291 e. The van der Waals surface area contributed by atoms with Gasteiger partial charge in [-0.3, -0.25) is 0 Å². The average molecular weight is 150 g/mol. The molecule has 0 bridgehead atoms. The second-order valence-corrected chi connectivity index (χ2v) is 3.55. The van der Waals surface area contributed by atoms with E-state index in [1.165, 1.54) is 25.7 Å². The van der Waals surface area contributed by atoms with Crippen molar-refractivity contribution in [3.63, 3.8) is 0 Å². The van der Waals surface area contributed by atoms with Crippen molar-refractivity contribution < 1.29 is 0 Å². The van der Waals surface area contributed by atoms with Crippen molar-refractivity contribution in [1.82, 2.24) is 0 Å². The van der Waals surface area contributed by atoms with Crippen LogP contribution in [0.3, 0.4) is 0 Å². The molecule has 0 radical (unpaired) electrons. The van der Waals surface area contributed by atoms with Crippen LogP contribution in [-0.2, 0) is 0 Å². The minimum atomic E-state index is 0.917. The maximum atomic E-state index is 2.35. The van der Waals surface area contributed by atoms with Gasteiger partial charge in [0.25, 0.3) is 0 Å². The molecule has 0 heterocycles. The van der Waals surface area contributed by atoms with Crippen molar-refractivity contribution in [3.8, 4) is 0 Å². The summed E-state index contributed by atoms with van der Waals surface area (Å²) in [6.07, 6.45) is 12.0. The van der Waals surface area contributed by atoms with Crippen LogP contribution in [0.4, 0.5) is 0 Å². The largest absolute Gasteiger partial charge is 0.0877 e. The van der Waals surface area contributed by atoms with Crippen molar-refractivity contribution in [2.75, 3.05) is 0 Å². The molecule has 0 heteroatoms. The van der Waals surface area contributed by atoms with Gasteiger partial charge in [-0.2, -0.15) is 0 Å². The lowest BCUT2D eigenvalue weighted by atomic mass is 9.87. The first-order chi connectivity index (χ1) is 5.33. The molecule has 0 spiro atoms. The van der Waals surface area contributed by atoms with Crippen molar-refractivity contribution in [1.29, 1.82) is 0 Å². The predicted molar refractivity (Wildman–Crippen MR) is 50.5 cm³/mol. The van der Waals surface area contributed by atoms with Crippen molar-refractivity contribution in [2.45, 2.75) is 39.5 Å². The van der Waals surface area contributed by atoms with Crippen LogP contribution in [0.1, 0.15) is 39.5 Å². The van der Waals surface area contributed by atoms with Gasteiger partial charge in [0.2, 0.25) is 0 Å². The van der Waals surface area contributed by atoms with Crippen LogP contribution in [-0.4, -0.2) is 0 Å². The highest BCUT2D eigenvalue weighted by Gasteiger charge is 2.11. The average Bonchev–Trinajstić information content (AvgIpc) is 2.01. The Morgan fingerprint density at radius 2 is 2.27 bits per heavy atom. The molecule has 0 aromatic rings. The van der Waals surface area contributed by atoms with Crippen molar-refractivity contribution in [2.24, 2.45) is 5.92 Å². The van der Waals surface area contributed by atoms with E-state index < -0.39 is 0 Å². The fourth-order valence-corrected chi connectivity index (χ4v) is 1.71. The Kier molecular flexibility index (Phi) is 3.41.